The maximum Gasteiger partial charge on any atom is 0.174 e. The molecule has 0 aliphatic carbocycles. The van der Waals surface area contributed by atoms with Gasteiger partial charge in [-0.25, -0.2) is 4.39 Å². The van der Waals surface area contributed by atoms with Crippen molar-refractivity contribution in [3.63, 3.8) is 0 Å². The van der Waals surface area contributed by atoms with E-state index in [1.807, 2.05) is 29.2 Å². The highest BCUT2D eigenvalue weighted by molar-refractivity contribution is 7.80. The second-order valence-electron chi connectivity index (χ2n) is 6.93. The number of pyridine rings is 1. The Morgan fingerprint density at radius 3 is 2.56 bits per heavy atom. The monoisotopic (exact) mass is 380 g/mol. The molecule has 2 aromatic heterocycles. The van der Waals surface area contributed by atoms with Gasteiger partial charge in [0, 0.05) is 24.6 Å². The molecular weight excluding hydrogens is 359 g/mol. The number of anilines is 1. The predicted molar refractivity (Wildman–Crippen MR) is 109 cm³/mol. The number of halogens is 1. The Hall–Kier alpha value is -2.73. The van der Waals surface area contributed by atoms with Gasteiger partial charge in [0.15, 0.2) is 5.11 Å². The second-order valence-corrected chi connectivity index (χ2v) is 7.32. The number of benzene rings is 1. The Morgan fingerprint density at radius 2 is 1.89 bits per heavy atom. The lowest BCUT2D eigenvalue weighted by atomic mass is 9.98. The zero-order chi connectivity index (χ0) is 19.0. The number of thiocarbonyl (C=S) groups is 1. The minimum atomic E-state index is -0.295. The minimum Gasteiger partial charge on any atom is -0.351 e. The molecule has 0 saturated carbocycles. The lowest BCUT2D eigenvalue weighted by molar-refractivity contribution is 0.552. The Kier molecular flexibility index (Phi) is 4.66. The molecule has 0 bridgehead atoms. The summed E-state index contributed by atoms with van der Waals surface area (Å²) in [6, 6.07) is 14.6. The molecule has 1 aliphatic heterocycles. The molecule has 1 aromatic carbocycles. The largest absolute Gasteiger partial charge is 0.351 e. The van der Waals surface area contributed by atoms with Crippen LogP contribution in [0.2, 0.25) is 0 Å². The van der Waals surface area contributed by atoms with Gasteiger partial charge in [0.25, 0.3) is 0 Å². The molecule has 1 saturated heterocycles. The number of nitrogens with one attached hydrogen (secondary N) is 1. The molecule has 6 heteroatoms. The number of rotatable bonds is 4. The van der Waals surface area contributed by atoms with Gasteiger partial charge < -0.3 is 14.8 Å². The molecule has 3 aromatic rings. The molecule has 138 valence electrons. The van der Waals surface area contributed by atoms with Crippen LogP contribution >= 0.6 is 12.2 Å². The number of para-hydroxylation sites is 1. The van der Waals surface area contributed by atoms with E-state index in [1.165, 1.54) is 6.07 Å². The van der Waals surface area contributed by atoms with Crippen LogP contribution in [0.15, 0.2) is 67.1 Å². The van der Waals surface area contributed by atoms with Crippen molar-refractivity contribution in [1.29, 1.82) is 0 Å². The van der Waals surface area contributed by atoms with Crippen molar-refractivity contribution in [2.75, 3.05) is 4.90 Å². The lowest BCUT2D eigenvalue weighted by Gasteiger charge is -2.27. The van der Waals surface area contributed by atoms with Gasteiger partial charge in [-0.15, -0.1) is 0 Å². The Balaban J connectivity index is 1.84. The molecule has 0 spiro atoms. The normalized spacial score (nSPS) is 19.6. The van der Waals surface area contributed by atoms with E-state index in [9.17, 15) is 4.39 Å². The van der Waals surface area contributed by atoms with Gasteiger partial charge in [-0.2, -0.15) is 0 Å². The summed E-state index contributed by atoms with van der Waals surface area (Å²) in [5.74, 6) is -0.295. The van der Waals surface area contributed by atoms with Crippen LogP contribution in [0, 0.1) is 5.82 Å². The molecule has 1 N–H and O–H groups in total. The summed E-state index contributed by atoms with van der Waals surface area (Å²) < 4.78 is 16.8. The first-order valence-corrected chi connectivity index (χ1v) is 9.39. The standard InChI is InChI=1S/C21H21FN4S/c1-14(2)25-12-10-15(13-25)20-19(17-8-5-6-11-23-17)24-21(27)26(20)18-9-4-3-7-16(18)22/h3-14,19-20H,1-2H3,(H,24,27). The van der Waals surface area contributed by atoms with Gasteiger partial charge in [-0.05, 0) is 62.0 Å². The fourth-order valence-electron chi connectivity index (χ4n) is 3.53. The van der Waals surface area contributed by atoms with Crippen molar-refractivity contribution in [2.24, 2.45) is 0 Å². The van der Waals surface area contributed by atoms with Crippen molar-refractivity contribution < 1.29 is 4.39 Å². The first-order chi connectivity index (χ1) is 13.1. The maximum absolute atomic E-state index is 14.6. The molecule has 3 heterocycles. The molecule has 27 heavy (non-hydrogen) atoms. The van der Waals surface area contributed by atoms with Crippen LogP contribution in [-0.4, -0.2) is 14.7 Å². The van der Waals surface area contributed by atoms with E-state index < -0.39 is 0 Å². The molecule has 0 radical (unpaired) electrons. The van der Waals surface area contributed by atoms with Crippen LogP contribution in [0.25, 0.3) is 0 Å². The Bertz CT molecular complexity index is 954. The zero-order valence-corrected chi connectivity index (χ0v) is 16.0. The van der Waals surface area contributed by atoms with Crippen LogP contribution in [0.1, 0.15) is 43.2 Å². The molecule has 2 unspecified atom stereocenters. The molecule has 4 nitrogen and oxygen atoms in total. The second kappa shape index (κ2) is 7.12. The van der Waals surface area contributed by atoms with Crippen molar-refractivity contribution >= 4 is 23.0 Å². The van der Waals surface area contributed by atoms with Crippen molar-refractivity contribution in [2.45, 2.75) is 32.0 Å². The maximum atomic E-state index is 14.6. The number of hydrogen-bond donors (Lipinski definition) is 1. The topological polar surface area (TPSA) is 33.1 Å². The summed E-state index contributed by atoms with van der Waals surface area (Å²) in [5, 5.41) is 3.85. The first kappa shape index (κ1) is 17.7. The average Bonchev–Trinajstić information content (AvgIpc) is 3.28. The Morgan fingerprint density at radius 1 is 1.11 bits per heavy atom. The fraction of sp³-hybridized carbons (Fsp3) is 0.238. The zero-order valence-electron chi connectivity index (χ0n) is 15.2. The minimum absolute atomic E-state index is 0.165. The van der Waals surface area contributed by atoms with Crippen molar-refractivity contribution in [3.05, 3.63) is 84.2 Å². The van der Waals surface area contributed by atoms with Crippen LogP contribution in [0.3, 0.4) is 0 Å². The van der Waals surface area contributed by atoms with E-state index in [4.69, 9.17) is 12.2 Å². The van der Waals surface area contributed by atoms with Gasteiger partial charge in [0.05, 0.1) is 23.5 Å². The third kappa shape index (κ3) is 3.21. The molecule has 1 aliphatic rings. The van der Waals surface area contributed by atoms with E-state index in [1.54, 1.807) is 18.3 Å². The van der Waals surface area contributed by atoms with Gasteiger partial charge in [-0.1, -0.05) is 18.2 Å². The third-order valence-electron chi connectivity index (χ3n) is 4.89. The highest BCUT2D eigenvalue weighted by Crippen LogP contribution is 2.42. The molecule has 2 atom stereocenters. The summed E-state index contributed by atoms with van der Waals surface area (Å²) >= 11 is 5.61. The van der Waals surface area contributed by atoms with Gasteiger partial charge in [0.1, 0.15) is 5.82 Å². The van der Waals surface area contributed by atoms with E-state index >= 15 is 0 Å². The highest BCUT2D eigenvalue weighted by Gasteiger charge is 2.41. The smallest absolute Gasteiger partial charge is 0.174 e. The van der Waals surface area contributed by atoms with Crippen molar-refractivity contribution in [3.8, 4) is 0 Å². The lowest BCUT2D eigenvalue weighted by Crippen LogP contribution is -2.30. The number of hydrogen-bond acceptors (Lipinski definition) is 2. The summed E-state index contributed by atoms with van der Waals surface area (Å²) in [6.45, 7) is 4.26. The van der Waals surface area contributed by atoms with E-state index in [-0.39, 0.29) is 17.9 Å². The van der Waals surface area contributed by atoms with E-state index in [0.717, 1.165) is 11.3 Å². The predicted octanol–water partition coefficient (Wildman–Crippen LogP) is 4.78. The average molecular weight is 380 g/mol. The van der Waals surface area contributed by atoms with Crippen LogP contribution < -0.4 is 10.2 Å². The van der Waals surface area contributed by atoms with E-state index in [0.29, 0.717) is 16.8 Å². The Labute approximate surface area is 163 Å². The molecule has 4 rings (SSSR count). The summed E-state index contributed by atoms with van der Waals surface area (Å²) in [6.07, 6.45) is 5.92. The van der Waals surface area contributed by atoms with Gasteiger partial charge >= 0.3 is 0 Å². The first-order valence-electron chi connectivity index (χ1n) is 8.99. The van der Waals surface area contributed by atoms with Crippen LogP contribution in [-0.2, 0) is 0 Å². The quantitative estimate of drug-likeness (QED) is 0.661. The van der Waals surface area contributed by atoms with Crippen LogP contribution in [0.4, 0.5) is 10.1 Å². The highest BCUT2D eigenvalue weighted by atomic mass is 32.1. The van der Waals surface area contributed by atoms with Crippen LogP contribution in [0.5, 0.6) is 0 Å². The van der Waals surface area contributed by atoms with E-state index in [2.05, 4.69) is 47.2 Å². The third-order valence-corrected chi connectivity index (χ3v) is 5.20. The number of nitrogens with zero attached hydrogens (tertiary/aromatic N) is 3. The summed E-state index contributed by atoms with van der Waals surface area (Å²) in [5.41, 5.74) is 2.41. The molecular formula is C21H21FN4S. The number of aromatic nitrogens is 2. The van der Waals surface area contributed by atoms with Gasteiger partial charge in [-0.3, -0.25) is 4.98 Å². The molecule has 0 amide bonds. The molecule has 1 fully saturated rings. The SMILES string of the molecule is CC(C)n1ccc(C2C(c3ccccn3)NC(=S)N2c2ccccc2F)c1. The fourth-order valence-corrected chi connectivity index (χ4v) is 3.87. The van der Waals surface area contributed by atoms with Crippen molar-refractivity contribution in [1.82, 2.24) is 14.9 Å². The summed E-state index contributed by atoms with van der Waals surface area (Å²) in [4.78, 5) is 6.38. The van der Waals surface area contributed by atoms with Gasteiger partial charge in [0.2, 0.25) is 0 Å². The summed E-state index contributed by atoms with van der Waals surface area (Å²) in [7, 11) is 0.